The molecule has 0 aromatic heterocycles. The zero-order valence-electron chi connectivity index (χ0n) is 12.3. The highest BCUT2D eigenvalue weighted by Gasteiger charge is 2.27. The van der Waals surface area contributed by atoms with E-state index in [0.717, 1.165) is 41.6 Å². The molecule has 3 rings (SSSR count). The number of ether oxygens (including phenoxy) is 1. The molecule has 0 N–H and O–H groups in total. The molecule has 0 saturated heterocycles. The van der Waals surface area contributed by atoms with Gasteiger partial charge in [0.05, 0.1) is 0 Å². The van der Waals surface area contributed by atoms with Crippen molar-refractivity contribution in [3.63, 3.8) is 0 Å². The van der Waals surface area contributed by atoms with Crippen LogP contribution in [0.2, 0.25) is 0 Å². The lowest BCUT2D eigenvalue weighted by Gasteiger charge is -2.22. The van der Waals surface area contributed by atoms with Gasteiger partial charge in [0.1, 0.15) is 18.6 Å². The van der Waals surface area contributed by atoms with Crippen molar-refractivity contribution < 1.29 is 14.3 Å². The molecule has 2 aromatic rings. The molecule has 0 bridgehead atoms. The molecule has 0 fully saturated rings. The normalized spacial score (nSPS) is 16.9. The van der Waals surface area contributed by atoms with E-state index in [1.165, 1.54) is 0 Å². The lowest BCUT2D eigenvalue weighted by atomic mass is 9.81. The topological polar surface area (TPSA) is 43.4 Å². The number of rotatable bonds is 5. The number of benzene rings is 2. The minimum Gasteiger partial charge on any atom is -0.489 e. The number of hydrogen-bond donors (Lipinski definition) is 0. The lowest BCUT2D eigenvalue weighted by molar-refractivity contribution is -0.108. The second-order valence-corrected chi connectivity index (χ2v) is 5.60. The summed E-state index contributed by atoms with van der Waals surface area (Å²) in [6, 6.07) is 15.6. The zero-order chi connectivity index (χ0) is 15.4. The van der Waals surface area contributed by atoms with Crippen molar-refractivity contribution in [3.05, 3.63) is 65.2 Å². The van der Waals surface area contributed by atoms with Gasteiger partial charge >= 0.3 is 0 Å². The highest BCUT2D eigenvalue weighted by Crippen LogP contribution is 2.30. The van der Waals surface area contributed by atoms with Gasteiger partial charge in [-0.15, -0.1) is 0 Å². The van der Waals surface area contributed by atoms with Gasteiger partial charge in [-0.2, -0.15) is 0 Å². The maximum absolute atomic E-state index is 12.3. The molecule has 2 aromatic carbocycles. The van der Waals surface area contributed by atoms with E-state index in [4.69, 9.17) is 4.74 Å². The third-order valence-electron chi connectivity index (χ3n) is 4.10. The Hall–Kier alpha value is -2.42. The summed E-state index contributed by atoms with van der Waals surface area (Å²) in [5.41, 5.74) is 2.88. The largest absolute Gasteiger partial charge is 0.489 e. The summed E-state index contributed by atoms with van der Waals surface area (Å²) in [6.07, 6.45) is 2.73. The van der Waals surface area contributed by atoms with Gasteiger partial charge in [0.2, 0.25) is 0 Å². The van der Waals surface area contributed by atoms with Crippen LogP contribution in [0.25, 0.3) is 0 Å². The Morgan fingerprint density at radius 1 is 1.14 bits per heavy atom. The predicted octanol–water partition coefficient (Wildman–Crippen LogP) is 3.60. The number of carbonyl (C=O) groups excluding carboxylic acids is 2. The van der Waals surface area contributed by atoms with Gasteiger partial charge in [0, 0.05) is 17.9 Å². The molecular weight excluding hydrogens is 276 g/mol. The molecule has 1 aliphatic rings. The molecule has 1 unspecified atom stereocenters. The van der Waals surface area contributed by atoms with Crippen LogP contribution >= 0.6 is 0 Å². The van der Waals surface area contributed by atoms with Crippen molar-refractivity contribution in [2.24, 2.45) is 5.92 Å². The number of Topliss-reactive ketones (excluding diaryl/α,β-unsaturated/α-hetero) is 1. The van der Waals surface area contributed by atoms with Crippen molar-refractivity contribution in [2.75, 3.05) is 0 Å². The lowest BCUT2D eigenvalue weighted by Crippen LogP contribution is -2.22. The Kier molecular flexibility index (Phi) is 4.33. The fourth-order valence-corrected chi connectivity index (χ4v) is 2.87. The third-order valence-corrected chi connectivity index (χ3v) is 4.10. The van der Waals surface area contributed by atoms with Crippen LogP contribution in [0.1, 0.15) is 34.3 Å². The van der Waals surface area contributed by atoms with Crippen LogP contribution in [0.5, 0.6) is 5.75 Å². The van der Waals surface area contributed by atoms with Crippen LogP contribution in [0.15, 0.2) is 48.5 Å². The highest BCUT2D eigenvalue weighted by molar-refractivity contribution is 6.01. The van der Waals surface area contributed by atoms with Crippen LogP contribution in [0, 0.1) is 5.92 Å². The molecule has 3 nitrogen and oxygen atoms in total. The first-order valence-corrected chi connectivity index (χ1v) is 7.55. The molecule has 0 heterocycles. The molecule has 0 amide bonds. The van der Waals surface area contributed by atoms with Gasteiger partial charge in [0.15, 0.2) is 5.78 Å². The highest BCUT2D eigenvalue weighted by atomic mass is 16.5. The smallest absolute Gasteiger partial charge is 0.166 e. The van der Waals surface area contributed by atoms with Gasteiger partial charge in [-0.1, -0.05) is 30.3 Å². The minimum absolute atomic E-state index is 0.0861. The standard InChI is InChI=1S/C19H18O3/c20-11-10-15-6-7-16-12-17(8-9-18(16)19(15)21)22-13-14-4-2-1-3-5-14/h1-5,8-9,11-12,15H,6-7,10,13H2. The first kappa shape index (κ1) is 14.5. The number of carbonyl (C=O) groups is 2. The summed E-state index contributed by atoms with van der Waals surface area (Å²) in [5, 5.41) is 0. The Balaban J connectivity index is 1.72. The van der Waals surface area contributed by atoms with Crippen molar-refractivity contribution in [3.8, 4) is 5.75 Å². The fourth-order valence-electron chi connectivity index (χ4n) is 2.87. The molecule has 0 saturated carbocycles. The average Bonchev–Trinajstić information content (AvgIpc) is 2.56. The number of aryl methyl sites for hydroxylation is 1. The summed E-state index contributed by atoms with van der Waals surface area (Å²) >= 11 is 0. The van der Waals surface area contributed by atoms with E-state index in [1.54, 1.807) is 0 Å². The Morgan fingerprint density at radius 3 is 2.73 bits per heavy atom. The minimum atomic E-state index is -0.152. The Labute approximate surface area is 129 Å². The van der Waals surface area contributed by atoms with E-state index in [2.05, 4.69) is 0 Å². The molecule has 22 heavy (non-hydrogen) atoms. The van der Waals surface area contributed by atoms with Gasteiger partial charge in [-0.3, -0.25) is 4.79 Å². The monoisotopic (exact) mass is 294 g/mol. The van der Waals surface area contributed by atoms with E-state index in [9.17, 15) is 9.59 Å². The number of fused-ring (bicyclic) bond motifs is 1. The Morgan fingerprint density at radius 2 is 1.95 bits per heavy atom. The zero-order valence-corrected chi connectivity index (χ0v) is 12.3. The molecule has 3 heteroatoms. The number of ketones is 1. The van der Waals surface area contributed by atoms with E-state index < -0.39 is 0 Å². The first-order valence-electron chi connectivity index (χ1n) is 7.55. The maximum atomic E-state index is 12.3. The molecule has 112 valence electrons. The quantitative estimate of drug-likeness (QED) is 0.791. The molecule has 1 aliphatic carbocycles. The van der Waals surface area contributed by atoms with Crippen LogP contribution in [0.3, 0.4) is 0 Å². The predicted molar refractivity (Wildman–Crippen MR) is 84.0 cm³/mol. The van der Waals surface area contributed by atoms with Gasteiger partial charge in [-0.25, -0.2) is 0 Å². The summed E-state index contributed by atoms with van der Waals surface area (Å²) in [6.45, 7) is 0.515. The number of aldehydes is 1. The van der Waals surface area contributed by atoms with Crippen LogP contribution in [0.4, 0.5) is 0 Å². The van der Waals surface area contributed by atoms with Crippen molar-refractivity contribution in [1.29, 1.82) is 0 Å². The third kappa shape index (κ3) is 3.08. The van der Waals surface area contributed by atoms with Crippen molar-refractivity contribution >= 4 is 12.1 Å². The molecule has 0 spiro atoms. The van der Waals surface area contributed by atoms with E-state index in [-0.39, 0.29) is 11.7 Å². The molecule has 0 radical (unpaired) electrons. The van der Waals surface area contributed by atoms with E-state index in [0.29, 0.717) is 13.0 Å². The second kappa shape index (κ2) is 6.56. The van der Waals surface area contributed by atoms with Gasteiger partial charge in [-0.05, 0) is 42.2 Å². The molecule has 0 aliphatic heterocycles. The number of hydrogen-bond acceptors (Lipinski definition) is 3. The van der Waals surface area contributed by atoms with E-state index in [1.807, 2.05) is 48.5 Å². The first-order chi connectivity index (χ1) is 10.8. The van der Waals surface area contributed by atoms with Crippen molar-refractivity contribution in [1.82, 2.24) is 0 Å². The summed E-state index contributed by atoms with van der Waals surface area (Å²) in [5.74, 6) is 0.716. The molecule has 1 atom stereocenters. The Bertz CT molecular complexity index is 676. The average molecular weight is 294 g/mol. The van der Waals surface area contributed by atoms with Gasteiger partial charge < -0.3 is 9.53 Å². The maximum Gasteiger partial charge on any atom is 0.166 e. The summed E-state index contributed by atoms with van der Waals surface area (Å²) < 4.78 is 5.80. The summed E-state index contributed by atoms with van der Waals surface area (Å²) in [7, 11) is 0. The molecular formula is C19H18O3. The van der Waals surface area contributed by atoms with E-state index >= 15 is 0 Å². The van der Waals surface area contributed by atoms with Crippen molar-refractivity contribution in [2.45, 2.75) is 25.9 Å². The van der Waals surface area contributed by atoms with Gasteiger partial charge in [0.25, 0.3) is 0 Å². The SMILES string of the molecule is O=CCC1CCc2cc(OCc3ccccc3)ccc2C1=O. The van der Waals surface area contributed by atoms with Crippen LogP contribution < -0.4 is 4.74 Å². The second-order valence-electron chi connectivity index (χ2n) is 5.60. The summed E-state index contributed by atoms with van der Waals surface area (Å²) in [4.78, 5) is 22.9. The fraction of sp³-hybridized carbons (Fsp3) is 0.263. The van der Waals surface area contributed by atoms with Crippen LogP contribution in [-0.2, 0) is 17.8 Å². The van der Waals surface area contributed by atoms with Crippen LogP contribution in [-0.4, -0.2) is 12.1 Å².